The monoisotopic (exact) mass is 430 g/mol. The standard InChI is InChI=1S/C12H16N2O3.C10H10O4/c1-14(8-9-5-3-2-4-6-9)10(12(16)17)7-11(13)15;1-13-9(11)7-5-3-4-6-8(7)10(12)14-2/h2-6,10H,7-8H2,1H3,(H2,13,15)(H,16,17);3-6H,1-2H3. The van der Waals surface area contributed by atoms with Gasteiger partial charge in [-0.1, -0.05) is 42.5 Å². The Morgan fingerprint density at radius 1 is 0.903 bits per heavy atom. The summed E-state index contributed by atoms with van der Waals surface area (Å²) in [5, 5.41) is 9.02. The molecule has 2 aromatic rings. The van der Waals surface area contributed by atoms with E-state index >= 15 is 0 Å². The number of primary amides is 1. The van der Waals surface area contributed by atoms with Gasteiger partial charge in [0.05, 0.1) is 31.8 Å². The van der Waals surface area contributed by atoms with E-state index in [4.69, 9.17) is 10.8 Å². The van der Waals surface area contributed by atoms with E-state index in [2.05, 4.69) is 9.47 Å². The number of amides is 1. The van der Waals surface area contributed by atoms with Crippen LogP contribution >= 0.6 is 0 Å². The van der Waals surface area contributed by atoms with Crippen molar-refractivity contribution in [3.05, 3.63) is 71.3 Å². The fraction of sp³-hybridized carbons (Fsp3) is 0.273. The molecule has 0 aliphatic carbocycles. The maximum absolute atomic E-state index is 11.2. The van der Waals surface area contributed by atoms with Gasteiger partial charge in [0.25, 0.3) is 0 Å². The molecule has 1 unspecified atom stereocenters. The van der Waals surface area contributed by atoms with E-state index in [1.165, 1.54) is 26.4 Å². The molecule has 0 radical (unpaired) electrons. The lowest BCUT2D eigenvalue weighted by Gasteiger charge is -2.23. The molecular weight excluding hydrogens is 404 g/mol. The molecule has 0 aliphatic rings. The van der Waals surface area contributed by atoms with Crippen LogP contribution in [0.5, 0.6) is 0 Å². The highest BCUT2D eigenvalue weighted by atomic mass is 16.5. The van der Waals surface area contributed by atoms with Crippen LogP contribution in [0.15, 0.2) is 54.6 Å². The fourth-order valence-corrected chi connectivity index (χ4v) is 2.66. The molecule has 1 amide bonds. The average Bonchev–Trinajstić information content (AvgIpc) is 2.77. The second-order valence-electron chi connectivity index (χ2n) is 6.45. The lowest BCUT2D eigenvalue weighted by Crippen LogP contribution is -2.40. The number of ether oxygens (including phenoxy) is 2. The maximum atomic E-state index is 11.2. The molecule has 2 aromatic carbocycles. The fourth-order valence-electron chi connectivity index (χ4n) is 2.66. The van der Waals surface area contributed by atoms with Crippen LogP contribution in [0.1, 0.15) is 32.7 Å². The van der Waals surface area contributed by atoms with E-state index < -0.39 is 29.9 Å². The summed E-state index contributed by atoms with van der Waals surface area (Å²) >= 11 is 0. The number of carboxylic acid groups (broad SMARTS) is 1. The van der Waals surface area contributed by atoms with Crippen molar-refractivity contribution in [1.29, 1.82) is 0 Å². The number of hydrogen-bond acceptors (Lipinski definition) is 7. The Labute approximate surface area is 180 Å². The molecule has 0 spiro atoms. The summed E-state index contributed by atoms with van der Waals surface area (Å²) in [6.07, 6.45) is -0.182. The van der Waals surface area contributed by atoms with E-state index in [9.17, 15) is 19.2 Å². The van der Waals surface area contributed by atoms with Gasteiger partial charge in [-0.25, -0.2) is 9.59 Å². The number of benzene rings is 2. The van der Waals surface area contributed by atoms with E-state index in [-0.39, 0.29) is 17.5 Å². The molecule has 0 fully saturated rings. The zero-order valence-corrected chi connectivity index (χ0v) is 17.6. The minimum absolute atomic E-state index is 0.182. The normalized spacial score (nSPS) is 11.0. The number of likely N-dealkylation sites (N-methyl/N-ethyl adjacent to an activating group) is 1. The van der Waals surface area contributed by atoms with Gasteiger partial charge in [0.1, 0.15) is 6.04 Å². The molecule has 0 bridgehead atoms. The van der Waals surface area contributed by atoms with Gasteiger partial charge in [0, 0.05) is 6.54 Å². The molecule has 0 saturated carbocycles. The van der Waals surface area contributed by atoms with Gasteiger partial charge in [0.2, 0.25) is 5.91 Å². The first-order valence-electron chi connectivity index (χ1n) is 9.22. The molecule has 2 rings (SSSR count). The summed E-state index contributed by atoms with van der Waals surface area (Å²) in [5.74, 6) is -2.75. The van der Waals surface area contributed by atoms with E-state index in [1.807, 2.05) is 30.3 Å². The van der Waals surface area contributed by atoms with Crippen LogP contribution in [0.2, 0.25) is 0 Å². The second kappa shape index (κ2) is 12.8. The summed E-state index contributed by atoms with van der Waals surface area (Å²) in [6, 6.07) is 14.9. The largest absolute Gasteiger partial charge is 0.480 e. The summed E-state index contributed by atoms with van der Waals surface area (Å²) < 4.78 is 9.05. The minimum atomic E-state index is -1.04. The Morgan fingerprint density at radius 3 is 1.74 bits per heavy atom. The van der Waals surface area contributed by atoms with E-state index in [1.54, 1.807) is 24.1 Å². The lowest BCUT2D eigenvalue weighted by atomic mass is 10.1. The van der Waals surface area contributed by atoms with Gasteiger partial charge in [-0.2, -0.15) is 0 Å². The van der Waals surface area contributed by atoms with Gasteiger partial charge in [-0.05, 0) is 24.7 Å². The highest BCUT2D eigenvalue weighted by Crippen LogP contribution is 2.11. The van der Waals surface area contributed by atoms with Crippen molar-refractivity contribution in [3.8, 4) is 0 Å². The first-order chi connectivity index (χ1) is 14.7. The van der Waals surface area contributed by atoms with Gasteiger partial charge < -0.3 is 20.3 Å². The number of carbonyl (C=O) groups excluding carboxylic acids is 3. The highest BCUT2D eigenvalue weighted by Gasteiger charge is 2.24. The Balaban J connectivity index is 0.000000316. The molecule has 9 heteroatoms. The summed E-state index contributed by atoms with van der Waals surface area (Å²) in [6.45, 7) is 0.463. The molecule has 0 heterocycles. The second-order valence-corrected chi connectivity index (χ2v) is 6.45. The van der Waals surface area contributed by atoms with Crippen molar-refractivity contribution < 1.29 is 33.8 Å². The molecule has 0 saturated heterocycles. The van der Waals surface area contributed by atoms with Crippen molar-refractivity contribution in [2.24, 2.45) is 5.73 Å². The van der Waals surface area contributed by atoms with Crippen molar-refractivity contribution >= 4 is 23.8 Å². The number of nitrogens with zero attached hydrogens (tertiary/aromatic N) is 1. The quantitative estimate of drug-likeness (QED) is 0.604. The Hall–Kier alpha value is -3.72. The number of nitrogens with two attached hydrogens (primary N) is 1. The van der Waals surface area contributed by atoms with Crippen LogP contribution in [-0.2, 0) is 25.6 Å². The van der Waals surface area contributed by atoms with Crippen LogP contribution in [0.4, 0.5) is 0 Å². The SMILES string of the molecule is CN(Cc1ccccc1)C(CC(N)=O)C(=O)O.COC(=O)c1ccccc1C(=O)OC. The van der Waals surface area contributed by atoms with Gasteiger partial charge in [0.15, 0.2) is 0 Å². The molecular formula is C22H26N2O7. The van der Waals surface area contributed by atoms with Gasteiger partial charge in [-0.3, -0.25) is 14.5 Å². The molecule has 1 atom stereocenters. The number of carbonyl (C=O) groups is 4. The van der Waals surface area contributed by atoms with Gasteiger partial charge >= 0.3 is 17.9 Å². The summed E-state index contributed by atoms with van der Waals surface area (Å²) in [5.41, 5.74) is 6.44. The van der Waals surface area contributed by atoms with Crippen molar-refractivity contribution in [2.75, 3.05) is 21.3 Å². The maximum Gasteiger partial charge on any atom is 0.338 e. The molecule has 3 N–H and O–H groups in total. The molecule has 9 nitrogen and oxygen atoms in total. The van der Waals surface area contributed by atoms with Crippen molar-refractivity contribution in [1.82, 2.24) is 4.90 Å². The third kappa shape index (κ3) is 8.27. The molecule has 31 heavy (non-hydrogen) atoms. The predicted molar refractivity (Wildman–Crippen MR) is 112 cm³/mol. The van der Waals surface area contributed by atoms with E-state index in [0.717, 1.165) is 5.56 Å². The highest BCUT2D eigenvalue weighted by molar-refractivity contribution is 6.03. The first-order valence-corrected chi connectivity index (χ1v) is 9.22. The van der Waals surface area contributed by atoms with Crippen LogP contribution in [0.3, 0.4) is 0 Å². The zero-order chi connectivity index (χ0) is 23.4. The van der Waals surface area contributed by atoms with Crippen LogP contribution in [0.25, 0.3) is 0 Å². The molecule has 0 aromatic heterocycles. The third-order valence-corrected chi connectivity index (χ3v) is 4.22. The Kier molecular flexibility index (Phi) is 10.4. The number of hydrogen-bond donors (Lipinski definition) is 2. The van der Waals surface area contributed by atoms with Crippen LogP contribution in [0, 0.1) is 0 Å². The first kappa shape index (κ1) is 25.3. The minimum Gasteiger partial charge on any atom is -0.480 e. The molecule has 166 valence electrons. The van der Waals surface area contributed by atoms with Crippen LogP contribution in [-0.4, -0.2) is 61.1 Å². The summed E-state index contributed by atoms with van der Waals surface area (Å²) in [7, 11) is 4.18. The van der Waals surface area contributed by atoms with Crippen molar-refractivity contribution in [3.63, 3.8) is 0 Å². The zero-order valence-electron chi connectivity index (χ0n) is 17.6. The summed E-state index contributed by atoms with van der Waals surface area (Å²) in [4.78, 5) is 45.9. The number of carboxylic acids is 1. The van der Waals surface area contributed by atoms with Crippen molar-refractivity contribution in [2.45, 2.75) is 19.0 Å². The Morgan fingerprint density at radius 2 is 1.35 bits per heavy atom. The number of methoxy groups -OCH3 is 2. The number of rotatable bonds is 8. The van der Waals surface area contributed by atoms with Crippen LogP contribution < -0.4 is 5.73 Å². The number of aliphatic carboxylic acids is 1. The number of esters is 2. The topological polar surface area (TPSA) is 136 Å². The average molecular weight is 430 g/mol. The lowest BCUT2D eigenvalue weighted by molar-refractivity contribution is -0.145. The van der Waals surface area contributed by atoms with Gasteiger partial charge in [-0.15, -0.1) is 0 Å². The smallest absolute Gasteiger partial charge is 0.338 e. The molecule has 0 aliphatic heterocycles. The van der Waals surface area contributed by atoms with E-state index in [0.29, 0.717) is 6.54 Å². The predicted octanol–water partition coefficient (Wildman–Crippen LogP) is 1.71. The third-order valence-electron chi connectivity index (χ3n) is 4.22. The Bertz CT molecular complexity index is 865.